The van der Waals surface area contributed by atoms with Gasteiger partial charge in [-0.25, -0.2) is 0 Å². The van der Waals surface area contributed by atoms with Gasteiger partial charge in [0.2, 0.25) is 0 Å². The molecule has 19 rings (SSSR count). The van der Waals surface area contributed by atoms with E-state index in [2.05, 4.69) is 249 Å². The van der Waals surface area contributed by atoms with E-state index in [-0.39, 0.29) is 0 Å². The van der Waals surface area contributed by atoms with Gasteiger partial charge in [-0.3, -0.25) is 0 Å². The lowest BCUT2D eigenvalue weighted by atomic mass is 10.00. The molecule has 0 atom stereocenters. The lowest BCUT2D eigenvalue weighted by molar-refractivity contribution is 0.672. The molecule has 0 unspecified atom stereocenters. The van der Waals surface area contributed by atoms with E-state index in [0.717, 1.165) is 154 Å². The van der Waals surface area contributed by atoms with Crippen molar-refractivity contribution < 1.29 is 8.83 Å². The molecule has 6 aromatic heterocycles. The second-order valence-corrected chi connectivity index (χ2v) is 23.0. The molecule has 0 aliphatic rings. The summed E-state index contributed by atoms with van der Waals surface area (Å²) in [5.74, 6) is 0. The molecule has 406 valence electrons. The van der Waals surface area contributed by atoms with E-state index in [1.54, 1.807) is 6.07 Å². The molecule has 13 aromatic carbocycles. The third-order valence-corrected chi connectivity index (χ3v) is 18.4. The van der Waals surface area contributed by atoms with Crippen molar-refractivity contribution in [2.45, 2.75) is 0 Å². The third kappa shape index (κ3) is 6.65. The number of fused-ring (bicyclic) bond motifs is 20. The van der Waals surface area contributed by atoms with Crippen LogP contribution in [0.1, 0.15) is 11.1 Å². The maximum Gasteiger partial charge on any atom is 0.145 e. The molecule has 0 aliphatic carbocycles. The highest BCUT2D eigenvalue weighted by Crippen LogP contribution is 2.47. The van der Waals surface area contributed by atoms with Crippen molar-refractivity contribution in [1.82, 2.24) is 18.3 Å². The van der Waals surface area contributed by atoms with Gasteiger partial charge in [-0.2, -0.15) is 10.5 Å². The number of hydrogen-bond acceptors (Lipinski definition) is 4. The van der Waals surface area contributed by atoms with Crippen LogP contribution >= 0.6 is 0 Å². The first-order valence-electron chi connectivity index (χ1n) is 29.5. The van der Waals surface area contributed by atoms with Crippen molar-refractivity contribution in [2.75, 3.05) is 0 Å². The van der Waals surface area contributed by atoms with Gasteiger partial charge < -0.3 is 27.1 Å². The second-order valence-electron chi connectivity index (χ2n) is 23.0. The highest BCUT2D eigenvalue weighted by molar-refractivity contribution is 6.26. The Morgan fingerprint density at radius 2 is 0.591 bits per heavy atom. The van der Waals surface area contributed by atoms with Gasteiger partial charge in [0, 0.05) is 65.2 Å². The SMILES string of the molecule is N#Cc1cc(C#N)c(-n2c3ccc(-c4ccc5c(c4)c4ccccc4n5-c4ccccc4)cc3c3c4oc5ccccc5c4ccc32)cc1-n1c2ccc(-c3ccc4c(c3)c3ccccc3n4-c3ccccc3)cc2c2c3oc4ccccc4c3ccc21. The monoisotopic (exact) mass is 1120 g/mol. The van der Waals surface area contributed by atoms with E-state index in [4.69, 9.17) is 8.83 Å². The molecular formula is C80H44N6O2. The molecule has 19 aromatic rings. The first-order chi connectivity index (χ1) is 43.6. The standard InChI is InChI=1S/C80H44N6O2/c81-45-51-39-52(46-82)74(86-70-36-30-50(43-64(70)78-72(86)38-32-60-58-22-10-14-26-76(58)88-80(60)78)48-28-34-68-62(41-48)56-20-8-12-24-66(56)84(68)54-17-5-2-6-18-54)44-73(51)85-69-35-29-49(42-63(69)77-71(85)37-31-59-57-21-9-13-25-75(57)87-79(59)77)47-27-33-67-61(40-47)55-19-7-11-23-65(55)83(67)53-15-3-1-4-16-53/h1-44H. The van der Waals surface area contributed by atoms with E-state index in [0.29, 0.717) is 22.5 Å². The number of hydrogen-bond donors (Lipinski definition) is 0. The van der Waals surface area contributed by atoms with Crippen molar-refractivity contribution in [3.63, 3.8) is 0 Å². The van der Waals surface area contributed by atoms with Gasteiger partial charge in [0.1, 0.15) is 34.5 Å². The minimum absolute atomic E-state index is 0.361. The summed E-state index contributed by atoms with van der Waals surface area (Å²) >= 11 is 0. The minimum Gasteiger partial charge on any atom is -0.455 e. The Morgan fingerprint density at radius 3 is 1.01 bits per heavy atom. The fraction of sp³-hybridized carbons (Fsp3) is 0. The maximum atomic E-state index is 11.3. The number of rotatable bonds is 6. The lowest BCUT2D eigenvalue weighted by Crippen LogP contribution is -2.04. The predicted molar refractivity (Wildman–Crippen MR) is 359 cm³/mol. The molecule has 0 amide bonds. The summed E-state index contributed by atoms with van der Waals surface area (Å²) in [7, 11) is 0. The summed E-state index contributed by atoms with van der Waals surface area (Å²) in [6.07, 6.45) is 0. The van der Waals surface area contributed by atoms with Gasteiger partial charge in [0.15, 0.2) is 0 Å². The zero-order valence-electron chi connectivity index (χ0n) is 46.9. The average Bonchev–Trinajstić information content (AvgIpc) is 1.83. The van der Waals surface area contributed by atoms with Gasteiger partial charge in [-0.15, -0.1) is 0 Å². The van der Waals surface area contributed by atoms with E-state index >= 15 is 0 Å². The van der Waals surface area contributed by atoms with Crippen LogP contribution in [0.15, 0.2) is 276 Å². The molecule has 0 bridgehead atoms. The molecule has 0 N–H and O–H groups in total. The largest absolute Gasteiger partial charge is 0.455 e. The highest BCUT2D eigenvalue weighted by atomic mass is 16.3. The van der Waals surface area contributed by atoms with Gasteiger partial charge >= 0.3 is 0 Å². The second kappa shape index (κ2) is 18.1. The van der Waals surface area contributed by atoms with Gasteiger partial charge in [-0.05, 0) is 156 Å². The number of furan rings is 2. The first-order valence-corrected chi connectivity index (χ1v) is 29.5. The average molecular weight is 1120 g/mol. The molecule has 0 saturated carbocycles. The quantitative estimate of drug-likeness (QED) is 0.166. The van der Waals surface area contributed by atoms with Crippen LogP contribution in [-0.4, -0.2) is 18.3 Å². The Hall–Kier alpha value is -12.4. The van der Waals surface area contributed by atoms with Crippen LogP contribution in [-0.2, 0) is 0 Å². The van der Waals surface area contributed by atoms with Crippen LogP contribution in [0, 0.1) is 22.7 Å². The van der Waals surface area contributed by atoms with Gasteiger partial charge in [0.05, 0.1) is 77.4 Å². The topological polar surface area (TPSA) is 93.6 Å². The normalized spacial score (nSPS) is 12.1. The highest BCUT2D eigenvalue weighted by Gasteiger charge is 2.26. The van der Waals surface area contributed by atoms with Gasteiger partial charge in [-0.1, -0.05) is 133 Å². The van der Waals surface area contributed by atoms with Gasteiger partial charge in [0.25, 0.3) is 0 Å². The van der Waals surface area contributed by atoms with Crippen LogP contribution in [0.4, 0.5) is 0 Å². The Balaban J connectivity index is 0.847. The van der Waals surface area contributed by atoms with Crippen LogP contribution in [0.5, 0.6) is 0 Å². The molecule has 0 saturated heterocycles. The molecule has 6 heterocycles. The Kier molecular flexibility index (Phi) is 9.87. The van der Waals surface area contributed by atoms with E-state index in [1.807, 2.05) is 42.5 Å². The maximum absolute atomic E-state index is 11.3. The zero-order chi connectivity index (χ0) is 57.9. The predicted octanol–water partition coefficient (Wildman–Crippen LogP) is 21.0. The first kappa shape index (κ1) is 48.1. The fourth-order valence-corrected chi connectivity index (χ4v) is 14.6. The molecule has 0 aliphatic heterocycles. The number of nitrogens with zero attached hydrogens (tertiary/aromatic N) is 6. The number of aromatic nitrogens is 4. The summed E-state index contributed by atoms with van der Waals surface area (Å²) in [5.41, 5.74) is 19.6. The Bertz CT molecular complexity index is 5950. The molecule has 8 heteroatoms. The van der Waals surface area contributed by atoms with Crippen molar-refractivity contribution >= 4 is 131 Å². The smallest absolute Gasteiger partial charge is 0.145 e. The van der Waals surface area contributed by atoms with Crippen LogP contribution < -0.4 is 0 Å². The summed E-state index contributed by atoms with van der Waals surface area (Å²) in [6, 6.07) is 98.9. The molecule has 0 spiro atoms. The van der Waals surface area contributed by atoms with Crippen molar-refractivity contribution in [1.29, 1.82) is 10.5 Å². The number of nitriles is 2. The molecule has 0 radical (unpaired) electrons. The molecule has 8 nitrogen and oxygen atoms in total. The van der Waals surface area contributed by atoms with Crippen molar-refractivity contribution in [2.24, 2.45) is 0 Å². The zero-order valence-corrected chi connectivity index (χ0v) is 46.9. The molecule has 0 fully saturated rings. The summed E-state index contributed by atoms with van der Waals surface area (Å²) < 4.78 is 22.9. The van der Waals surface area contributed by atoms with Crippen molar-refractivity contribution in [3.8, 4) is 57.1 Å². The van der Waals surface area contributed by atoms with E-state index < -0.39 is 0 Å². The fourth-order valence-electron chi connectivity index (χ4n) is 14.6. The summed E-state index contributed by atoms with van der Waals surface area (Å²) in [5, 5.41) is 35.2. The number of para-hydroxylation sites is 6. The number of benzene rings is 13. The third-order valence-electron chi connectivity index (χ3n) is 18.4. The van der Waals surface area contributed by atoms with Crippen molar-refractivity contribution in [3.05, 3.63) is 278 Å². The summed E-state index contributed by atoms with van der Waals surface area (Å²) in [6.45, 7) is 0. The summed E-state index contributed by atoms with van der Waals surface area (Å²) in [4.78, 5) is 0. The Morgan fingerprint density at radius 1 is 0.250 bits per heavy atom. The van der Waals surface area contributed by atoms with Crippen LogP contribution in [0.2, 0.25) is 0 Å². The Labute approximate surface area is 501 Å². The van der Waals surface area contributed by atoms with E-state index in [9.17, 15) is 10.5 Å². The minimum atomic E-state index is 0.361. The van der Waals surface area contributed by atoms with Crippen LogP contribution in [0.25, 0.3) is 176 Å². The lowest BCUT2D eigenvalue weighted by Gasteiger charge is -2.16. The molecule has 88 heavy (non-hydrogen) atoms. The van der Waals surface area contributed by atoms with Crippen LogP contribution in [0.3, 0.4) is 0 Å². The molecular weight excluding hydrogens is 1080 g/mol. The van der Waals surface area contributed by atoms with E-state index in [1.165, 1.54) is 10.8 Å².